The Labute approximate surface area is 122 Å². The van der Waals surface area contributed by atoms with Gasteiger partial charge in [-0.3, -0.25) is 4.98 Å². The summed E-state index contributed by atoms with van der Waals surface area (Å²) in [7, 11) is 0. The standard InChI is InChI=1S/C14H19N3O4/c1-2-12-9-17(5-6-21-12)14(20)16-8-11-7-10(13(18)19)3-4-15-11/h3-4,7,12H,2,5-6,8-9H2,1H3,(H,16,20)(H,18,19). The number of amides is 2. The predicted octanol–water partition coefficient (Wildman–Crippen LogP) is 1.10. The summed E-state index contributed by atoms with van der Waals surface area (Å²) in [6.45, 7) is 3.90. The van der Waals surface area contributed by atoms with E-state index < -0.39 is 5.97 Å². The topological polar surface area (TPSA) is 91.8 Å². The van der Waals surface area contributed by atoms with E-state index in [1.165, 1.54) is 18.3 Å². The predicted molar refractivity (Wildman–Crippen MR) is 75.0 cm³/mol. The summed E-state index contributed by atoms with van der Waals surface area (Å²) in [6, 6.07) is 2.69. The van der Waals surface area contributed by atoms with Crippen LogP contribution in [0.2, 0.25) is 0 Å². The second kappa shape index (κ2) is 7.03. The van der Waals surface area contributed by atoms with Crippen molar-refractivity contribution >= 4 is 12.0 Å². The zero-order chi connectivity index (χ0) is 15.2. The van der Waals surface area contributed by atoms with Crippen LogP contribution in [0, 0.1) is 0 Å². The highest BCUT2D eigenvalue weighted by Gasteiger charge is 2.22. The first-order valence-corrected chi connectivity index (χ1v) is 6.92. The van der Waals surface area contributed by atoms with Gasteiger partial charge in [-0.15, -0.1) is 0 Å². The fourth-order valence-corrected chi connectivity index (χ4v) is 2.14. The molecule has 1 aromatic heterocycles. The van der Waals surface area contributed by atoms with Gasteiger partial charge in [-0.2, -0.15) is 0 Å². The third kappa shape index (κ3) is 4.16. The number of morpholine rings is 1. The van der Waals surface area contributed by atoms with Crippen LogP contribution in [0.5, 0.6) is 0 Å². The average Bonchev–Trinajstić information content (AvgIpc) is 2.53. The molecule has 21 heavy (non-hydrogen) atoms. The van der Waals surface area contributed by atoms with Gasteiger partial charge in [0.1, 0.15) is 0 Å². The molecule has 2 heterocycles. The Balaban J connectivity index is 1.89. The number of carbonyl (C=O) groups is 2. The lowest BCUT2D eigenvalue weighted by atomic mass is 10.2. The lowest BCUT2D eigenvalue weighted by molar-refractivity contribution is -0.0154. The van der Waals surface area contributed by atoms with Gasteiger partial charge in [0.25, 0.3) is 0 Å². The summed E-state index contributed by atoms with van der Waals surface area (Å²) in [5, 5.41) is 11.7. The fourth-order valence-electron chi connectivity index (χ4n) is 2.14. The van der Waals surface area contributed by atoms with E-state index in [0.717, 1.165) is 6.42 Å². The van der Waals surface area contributed by atoms with Gasteiger partial charge in [0.15, 0.2) is 0 Å². The number of aromatic carboxylic acids is 1. The molecule has 0 saturated carbocycles. The second-order valence-corrected chi connectivity index (χ2v) is 4.85. The first-order valence-electron chi connectivity index (χ1n) is 6.92. The number of nitrogens with zero attached hydrogens (tertiary/aromatic N) is 2. The number of carbonyl (C=O) groups excluding carboxylic acids is 1. The van der Waals surface area contributed by atoms with Crippen molar-refractivity contribution in [2.75, 3.05) is 19.7 Å². The molecule has 0 aliphatic carbocycles. The molecule has 0 radical (unpaired) electrons. The van der Waals surface area contributed by atoms with Crippen LogP contribution >= 0.6 is 0 Å². The van der Waals surface area contributed by atoms with Crippen LogP contribution in [0.1, 0.15) is 29.4 Å². The zero-order valence-corrected chi connectivity index (χ0v) is 11.9. The molecule has 0 bridgehead atoms. The number of urea groups is 1. The Kier molecular flexibility index (Phi) is 5.10. The van der Waals surface area contributed by atoms with Gasteiger partial charge in [0.05, 0.1) is 30.5 Å². The number of nitrogens with one attached hydrogen (secondary N) is 1. The number of ether oxygens (including phenoxy) is 1. The first-order chi connectivity index (χ1) is 10.1. The van der Waals surface area contributed by atoms with Gasteiger partial charge >= 0.3 is 12.0 Å². The Bertz CT molecular complexity index is 521. The van der Waals surface area contributed by atoms with Gasteiger partial charge < -0.3 is 20.1 Å². The third-order valence-corrected chi connectivity index (χ3v) is 3.37. The van der Waals surface area contributed by atoms with E-state index in [0.29, 0.717) is 25.4 Å². The number of carboxylic acid groups (broad SMARTS) is 1. The Morgan fingerprint density at radius 2 is 2.38 bits per heavy atom. The van der Waals surface area contributed by atoms with Crippen molar-refractivity contribution in [1.29, 1.82) is 0 Å². The van der Waals surface area contributed by atoms with Crippen LogP contribution in [0.25, 0.3) is 0 Å². The van der Waals surface area contributed by atoms with E-state index in [1.54, 1.807) is 4.90 Å². The summed E-state index contributed by atoms with van der Waals surface area (Å²) in [5.41, 5.74) is 0.676. The van der Waals surface area contributed by atoms with E-state index in [4.69, 9.17) is 9.84 Å². The highest BCUT2D eigenvalue weighted by molar-refractivity contribution is 5.87. The van der Waals surface area contributed by atoms with Gasteiger partial charge in [-0.05, 0) is 18.6 Å². The number of hydrogen-bond donors (Lipinski definition) is 2. The van der Waals surface area contributed by atoms with Crippen molar-refractivity contribution in [2.24, 2.45) is 0 Å². The number of aromatic nitrogens is 1. The fraction of sp³-hybridized carbons (Fsp3) is 0.500. The monoisotopic (exact) mass is 293 g/mol. The van der Waals surface area contributed by atoms with E-state index in [9.17, 15) is 9.59 Å². The molecular formula is C14H19N3O4. The van der Waals surface area contributed by atoms with E-state index >= 15 is 0 Å². The molecule has 2 rings (SSSR count). The minimum absolute atomic E-state index is 0.0814. The number of rotatable bonds is 4. The second-order valence-electron chi connectivity index (χ2n) is 4.85. The van der Waals surface area contributed by atoms with Crippen LogP contribution in [-0.2, 0) is 11.3 Å². The normalized spacial score (nSPS) is 18.3. The molecule has 2 amide bonds. The summed E-state index contributed by atoms with van der Waals surface area (Å²) in [6.07, 6.45) is 2.37. The van der Waals surface area contributed by atoms with Crippen molar-refractivity contribution < 1.29 is 19.4 Å². The van der Waals surface area contributed by atoms with E-state index in [1.807, 2.05) is 6.92 Å². The highest BCUT2D eigenvalue weighted by atomic mass is 16.5. The van der Waals surface area contributed by atoms with Crippen molar-refractivity contribution in [2.45, 2.75) is 26.0 Å². The van der Waals surface area contributed by atoms with Crippen LogP contribution in [0.3, 0.4) is 0 Å². The van der Waals surface area contributed by atoms with Gasteiger partial charge in [0, 0.05) is 19.3 Å². The molecule has 1 atom stereocenters. The molecule has 0 aromatic carbocycles. The molecule has 1 saturated heterocycles. The van der Waals surface area contributed by atoms with E-state index in [2.05, 4.69) is 10.3 Å². The maximum absolute atomic E-state index is 12.1. The first kappa shape index (κ1) is 15.2. The number of carboxylic acids is 1. The van der Waals surface area contributed by atoms with Gasteiger partial charge in [-0.1, -0.05) is 6.92 Å². The SMILES string of the molecule is CCC1CN(C(=O)NCc2cc(C(=O)O)ccn2)CCO1. The minimum atomic E-state index is -1.01. The highest BCUT2D eigenvalue weighted by Crippen LogP contribution is 2.08. The molecule has 1 aliphatic heterocycles. The Morgan fingerprint density at radius 1 is 1.57 bits per heavy atom. The van der Waals surface area contributed by atoms with Crippen LogP contribution in [0.4, 0.5) is 4.79 Å². The van der Waals surface area contributed by atoms with Crippen molar-refractivity contribution in [3.63, 3.8) is 0 Å². The maximum Gasteiger partial charge on any atom is 0.335 e. The summed E-state index contributed by atoms with van der Waals surface area (Å²) in [4.78, 5) is 28.7. The van der Waals surface area contributed by atoms with Gasteiger partial charge in [0.2, 0.25) is 0 Å². The molecule has 1 aliphatic rings. The van der Waals surface area contributed by atoms with Crippen LogP contribution < -0.4 is 5.32 Å². The largest absolute Gasteiger partial charge is 0.478 e. The zero-order valence-electron chi connectivity index (χ0n) is 11.9. The molecule has 7 nitrogen and oxygen atoms in total. The maximum atomic E-state index is 12.1. The Morgan fingerprint density at radius 3 is 3.10 bits per heavy atom. The quantitative estimate of drug-likeness (QED) is 0.867. The minimum Gasteiger partial charge on any atom is -0.478 e. The molecule has 7 heteroatoms. The van der Waals surface area contributed by atoms with Crippen molar-refractivity contribution in [1.82, 2.24) is 15.2 Å². The average molecular weight is 293 g/mol. The number of hydrogen-bond acceptors (Lipinski definition) is 4. The summed E-state index contributed by atoms with van der Waals surface area (Å²) in [5.74, 6) is -1.01. The number of pyridine rings is 1. The molecule has 114 valence electrons. The van der Waals surface area contributed by atoms with Crippen LogP contribution in [-0.4, -0.2) is 52.8 Å². The third-order valence-electron chi connectivity index (χ3n) is 3.37. The summed E-state index contributed by atoms with van der Waals surface area (Å²) >= 11 is 0. The van der Waals surface area contributed by atoms with Gasteiger partial charge in [-0.25, -0.2) is 9.59 Å². The molecule has 0 spiro atoms. The lowest BCUT2D eigenvalue weighted by Gasteiger charge is -2.32. The molecule has 1 aromatic rings. The molecule has 1 fully saturated rings. The van der Waals surface area contributed by atoms with Crippen molar-refractivity contribution in [3.05, 3.63) is 29.6 Å². The summed E-state index contributed by atoms with van der Waals surface area (Å²) < 4.78 is 5.51. The molecule has 1 unspecified atom stereocenters. The molecular weight excluding hydrogens is 274 g/mol. The smallest absolute Gasteiger partial charge is 0.335 e. The van der Waals surface area contributed by atoms with Crippen LogP contribution in [0.15, 0.2) is 18.3 Å². The lowest BCUT2D eigenvalue weighted by Crippen LogP contribution is -2.49. The molecule has 2 N–H and O–H groups in total. The Hall–Kier alpha value is -2.15. The van der Waals surface area contributed by atoms with E-state index in [-0.39, 0.29) is 24.2 Å². The van der Waals surface area contributed by atoms with Crippen molar-refractivity contribution in [3.8, 4) is 0 Å².